The third-order valence-corrected chi connectivity index (χ3v) is 20.3. The van der Waals surface area contributed by atoms with Crippen LogP contribution in [0.25, 0.3) is 22.1 Å². The van der Waals surface area contributed by atoms with Gasteiger partial charge in [0, 0.05) is 33.7 Å². The van der Waals surface area contributed by atoms with Gasteiger partial charge in [-0.3, -0.25) is 0 Å². The van der Waals surface area contributed by atoms with E-state index in [4.69, 9.17) is 4.42 Å². The molecule has 76 heavy (non-hydrogen) atoms. The van der Waals surface area contributed by atoms with E-state index in [0.717, 1.165) is 36.9 Å². The first-order chi connectivity index (χ1) is 35.2. The van der Waals surface area contributed by atoms with Gasteiger partial charge in [0.05, 0.1) is 17.0 Å². The summed E-state index contributed by atoms with van der Waals surface area (Å²) < 4.78 is 7.87. The summed E-state index contributed by atoms with van der Waals surface area (Å²) in [5.41, 5.74) is 29.0. The molecule has 3 aliphatic carbocycles. The van der Waals surface area contributed by atoms with Crippen LogP contribution < -0.4 is 26.4 Å². The SMILES string of the molecule is Cc1cc2c3c(c1)N(c1c(C)cc(C(C)(C)C)cc1-c1ccc4c(c1)C(C)(C)CCC4(C)C)c1c(oc4cc5c(cc14)C(C)(C)CCC5(C)C)B3c1ccc3c(c1N2c1ccc(C(C)(C)C)cc1)C(C)(C)CCC3(C)C. The minimum Gasteiger partial charge on any atom is -0.468 e. The fourth-order valence-electron chi connectivity index (χ4n) is 15.0. The van der Waals surface area contributed by atoms with Crippen LogP contribution in [-0.2, 0) is 43.3 Å². The van der Waals surface area contributed by atoms with Crippen molar-refractivity contribution in [3.63, 3.8) is 0 Å². The van der Waals surface area contributed by atoms with E-state index in [1.165, 1.54) is 130 Å². The van der Waals surface area contributed by atoms with Crippen molar-refractivity contribution >= 4 is 68.4 Å². The maximum Gasteiger partial charge on any atom is 0.297 e. The first kappa shape index (κ1) is 51.3. The second-order valence-electron chi connectivity index (χ2n) is 30.8. The van der Waals surface area contributed by atoms with E-state index in [0.29, 0.717) is 0 Å². The Morgan fingerprint density at radius 3 is 1.57 bits per heavy atom. The maximum absolute atomic E-state index is 7.87. The van der Waals surface area contributed by atoms with Crippen LogP contribution in [0.5, 0.6) is 0 Å². The first-order valence-corrected chi connectivity index (χ1v) is 29.2. The Balaban J connectivity index is 1.24. The second kappa shape index (κ2) is 16.1. The van der Waals surface area contributed by atoms with Crippen molar-refractivity contribution in [1.29, 1.82) is 0 Å². The molecular formula is C72H87BN2O. The zero-order valence-electron chi connectivity index (χ0n) is 50.3. The standard InChI is InChI=1S/C72H87BN2O/c1-42-35-56-60-57(36-42)75(61-43(2)37-46(66(6,7)8)39-48(61)44-21-26-50-52(38-44)69(13,14)30-29-67(50,9)10)62-49-40-53-54(71(17,18)32-31-70(53,15)16)41-58(49)76-64(62)73(60)55-28-27-51-59(72(19,20)34-33-68(51,11)12)63(55)74(56)47-24-22-45(23-25-47)65(3,4)5/h21-28,35-41H,29-34H2,1-20H3. The number of anilines is 6. The zero-order chi connectivity index (χ0) is 54.6. The first-order valence-electron chi connectivity index (χ1n) is 29.2. The Morgan fingerprint density at radius 2 is 0.974 bits per heavy atom. The van der Waals surface area contributed by atoms with E-state index in [-0.39, 0.29) is 50.0 Å². The number of benzene rings is 6. The molecule has 7 aromatic rings. The topological polar surface area (TPSA) is 19.6 Å². The van der Waals surface area contributed by atoms with Crippen LogP contribution in [0.1, 0.15) is 219 Å². The normalized spacial score (nSPS) is 20.1. The molecule has 0 atom stereocenters. The molecule has 0 amide bonds. The molecule has 0 saturated carbocycles. The third kappa shape index (κ3) is 7.54. The van der Waals surface area contributed by atoms with Gasteiger partial charge < -0.3 is 14.2 Å². The van der Waals surface area contributed by atoms with Crippen molar-refractivity contribution in [1.82, 2.24) is 0 Å². The molecule has 2 aliphatic heterocycles. The largest absolute Gasteiger partial charge is 0.468 e. The van der Waals surface area contributed by atoms with Crippen LogP contribution in [0, 0.1) is 13.8 Å². The highest BCUT2D eigenvalue weighted by molar-refractivity contribution is 7.00. The molecule has 3 heterocycles. The van der Waals surface area contributed by atoms with Crippen molar-refractivity contribution in [2.24, 2.45) is 0 Å². The second-order valence-corrected chi connectivity index (χ2v) is 30.8. The lowest BCUT2D eigenvalue weighted by atomic mass is 9.35. The number of furan rings is 1. The van der Waals surface area contributed by atoms with Gasteiger partial charge in [-0.1, -0.05) is 173 Å². The van der Waals surface area contributed by atoms with Crippen molar-refractivity contribution in [3.05, 3.63) is 147 Å². The number of fused-ring (bicyclic) bond motifs is 10. The number of rotatable bonds is 3. The Kier molecular flexibility index (Phi) is 10.8. The molecule has 0 bridgehead atoms. The van der Waals surface area contributed by atoms with E-state index < -0.39 is 0 Å². The highest BCUT2D eigenvalue weighted by atomic mass is 16.3. The van der Waals surface area contributed by atoms with Gasteiger partial charge in [0.1, 0.15) is 5.58 Å². The molecule has 5 aliphatic rings. The summed E-state index contributed by atoms with van der Waals surface area (Å²) in [7, 11) is 0. The molecule has 0 N–H and O–H groups in total. The highest BCUT2D eigenvalue weighted by Gasteiger charge is 2.52. The number of aryl methyl sites for hydroxylation is 2. The minimum atomic E-state index is -0.141. The summed E-state index contributed by atoms with van der Waals surface area (Å²) in [5.74, 6) is 0. The fraction of sp³-hybridized carbons (Fsp3) is 0.472. The molecule has 394 valence electrons. The van der Waals surface area contributed by atoms with Gasteiger partial charge in [-0.15, -0.1) is 0 Å². The van der Waals surface area contributed by atoms with Gasteiger partial charge in [0.2, 0.25) is 0 Å². The van der Waals surface area contributed by atoms with Gasteiger partial charge >= 0.3 is 0 Å². The van der Waals surface area contributed by atoms with Gasteiger partial charge in [0.15, 0.2) is 0 Å². The van der Waals surface area contributed by atoms with Crippen molar-refractivity contribution in [3.8, 4) is 11.1 Å². The molecule has 0 radical (unpaired) electrons. The van der Waals surface area contributed by atoms with Crippen LogP contribution in [0.3, 0.4) is 0 Å². The van der Waals surface area contributed by atoms with E-state index in [1.54, 1.807) is 0 Å². The van der Waals surface area contributed by atoms with Gasteiger partial charge in [-0.05, 0) is 210 Å². The molecule has 3 nitrogen and oxygen atoms in total. The Morgan fingerprint density at radius 1 is 0.461 bits per heavy atom. The van der Waals surface area contributed by atoms with Crippen molar-refractivity contribution in [2.75, 3.05) is 9.80 Å². The summed E-state index contributed by atoms with van der Waals surface area (Å²) >= 11 is 0. The molecule has 0 saturated heterocycles. The predicted octanol–water partition coefficient (Wildman–Crippen LogP) is 18.4. The lowest BCUT2D eigenvalue weighted by Crippen LogP contribution is -2.61. The molecule has 4 heteroatoms. The predicted molar refractivity (Wildman–Crippen MR) is 328 cm³/mol. The van der Waals surface area contributed by atoms with E-state index in [1.807, 2.05) is 0 Å². The lowest BCUT2D eigenvalue weighted by molar-refractivity contribution is 0.332. The van der Waals surface area contributed by atoms with Crippen LogP contribution in [0.15, 0.2) is 95.4 Å². The summed E-state index contributed by atoms with van der Waals surface area (Å²) in [6.07, 6.45) is 6.94. The summed E-state index contributed by atoms with van der Waals surface area (Å²) in [6, 6.07) is 37.4. The van der Waals surface area contributed by atoms with Crippen molar-refractivity contribution < 1.29 is 4.42 Å². The van der Waals surface area contributed by atoms with E-state index in [9.17, 15) is 0 Å². The van der Waals surface area contributed by atoms with Crippen LogP contribution in [0.4, 0.5) is 34.1 Å². The fourth-order valence-corrected chi connectivity index (χ4v) is 15.0. The maximum atomic E-state index is 7.87. The highest BCUT2D eigenvalue weighted by Crippen LogP contribution is 2.57. The van der Waals surface area contributed by atoms with E-state index in [2.05, 4.69) is 239 Å². The quantitative estimate of drug-likeness (QED) is 0.164. The van der Waals surface area contributed by atoms with Gasteiger partial charge in [-0.2, -0.15) is 0 Å². The number of hydrogen-bond acceptors (Lipinski definition) is 3. The van der Waals surface area contributed by atoms with Crippen molar-refractivity contribution in [2.45, 2.75) is 220 Å². The molecular weight excluding hydrogens is 920 g/mol. The Bertz CT molecular complexity index is 3590. The zero-order valence-corrected chi connectivity index (χ0v) is 50.3. The third-order valence-electron chi connectivity index (χ3n) is 20.3. The average Bonchev–Trinajstić information content (AvgIpc) is 3.87. The monoisotopic (exact) mass is 1010 g/mol. The van der Waals surface area contributed by atoms with Gasteiger partial charge in [-0.25, -0.2) is 0 Å². The molecule has 0 unspecified atom stereocenters. The Labute approximate surface area is 458 Å². The molecule has 0 fully saturated rings. The molecule has 6 aromatic carbocycles. The Hall–Kier alpha value is -5.48. The number of hydrogen-bond donors (Lipinski definition) is 0. The molecule has 0 spiro atoms. The minimum absolute atomic E-state index is 0.0153. The lowest BCUT2D eigenvalue weighted by Gasteiger charge is -2.49. The summed E-state index contributed by atoms with van der Waals surface area (Å²) in [4.78, 5) is 5.42. The van der Waals surface area contributed by atoms with Gasteiger partial charge in [0.25, 0.3) is 6.71 Å². The molecule has 12 rings (SSSR count). The summed E-state index contributed by atoms with van der Waals surface area (Å²) in [5, 5.41) is 1.22. The van der Waals surface area contributed by atoms with Crippen LogP contribution in [0.2, 0.25) is 0 Å². The average molecular weight is 1010 g/mol. The smallest absolute Gasteiger partial charge is 0.297 e. The van der Waals surface area contributed by atoms with Crippen LogP contribution in [-0.4, -0.2) is 6.71 Å². The van der Waals surface area contributed by atoms with E-state index >= 15 is 0 Å². The molecule has 1 aromatic heterocycles. The summed E-state index contributed by atoms with van der Waals surface area (Å²) in [6.45, 7) is 48.4. The van der Waals surface area contributed by atoms with Crippen LogP contribution >= 0.6 is 0 Å². The number of nitrogens with zero attached hydrogens (tertiary/aromatic N) is 2.